The summed E-state index contributed by atoms with van der Waals surface area (Å²) in [6, 6.07) is 17.6. The van der Waals surface area contributed by atoms with Gasteiger partial charge < -0.3 is 23.7 Å². The van der Waals surface area contributed by atoms with Gasteiger partial charge in [0.2, 0.25) is 0 Å². The second-order valence-corrected chi connectivity index (χ2v) is 10.3. The Balaban J connectivity index is 1.17. The van der Waals surface area contributed by atoms with Gasteiger partial charge in [-0.3, -0.25) is 9.69 Å². The lowest BCUT2D eigenvalue weighted by Gasteiger charge is -2.26. The van der Waals surface area contributed by atoms with Crippen molar-refractivity contribution < 1.29 is 23.9 Å². The van der Waals surface area contributed by atoms with Crippen molar-refractivity contribution in [2.24, 2.45) is 0 Å². The van der Waals surface area contributed by atoms with Gasteiger partial charge in [-0.25, -0.2) is 4.98 Å². The second-order valence-electron chi connectivity index (χ2n) is 10.3. The van der Waals surface area contributed by atoms with Gasteiger partial charge in [-0.15, -0.1) is 0 Å². The molecule has 0 saturated carbocycles. The molecule has 2 atom stereocenters. The number of hydrogen-bond donors (Lipinski definition) is 1. The van der Waals surface area contributed by atoms with Gasteiger partial charge in [0, 0.05) is 48.3 Å². The fraction of sp³-hybridized carbons (Fsp3) is 0.344. The number of benzene rings is 2. The number of carboxylic acid groups (broad SMARTS) is 1. The predicted octanol–water partition coefficient (Wildman–Crippen LogP) is 5.11. The standard InChI is InChI=1S/C32H34N4O5/c1-23(40-31-5-3-4-18-39-31)32-33-16-17-36(32)21-28-19-29(41-34-28)27-14-12-25(13-15-27)7-6-24-8-10-26(11-9-24)20-35(2)22-30(37)38/h8-17,19,23,31H,3-5,18,20-22H2,1-2H3,(H,37,38)/t23-,31?/m0/s1. The van der Waals surface area contributed by atoms with E-state index >= 15 is 0 Å². The first-order valence-corrected chi connectivity index (χ1v) is 13.8. The van der Waals surface area contributed by atoms with Crippen molar-refractivity contribution in [1.29, 1.82) is 0 Å². The largest absolute Gasteiger partial charge is 0.480 e. The summed E-state index contributed by atoms with van der Waals surface area (Å²) in [5, 5.41) is 13.2. The topological polar surface area (TPSA) is 103 Å². The molecule has 2 aromatic carbocycles. The molecular weight excluding hydrogens is 520 g/mol. The number of aromatic nitrogens is 3. The molecule has 1 aliphatic heterocycles. The van der Waals surface area contributed by atoms with E-state index in [1.165, 1.54) is 0 Å². The number of carboxylic acids is 1. The third kappa shape index (κ3) is 7.92. The number of likely N-dealkylation sites (N-methyl/N-ethyl adjacent to an activating group) is 1. The minimum atomic E-state index is -0.838. The third-order valence-electron chi connectivity index (χ3n) is 6.83. The summed E-state index contributed by atoms with van der Waals surface area (Å²) in [4.78, 5) is 17.1. The molecule has 1 unspecified atom stereocenters. The molecule has 5 rings (SSSR count). The van der Waals surface area contributed by atoms with Gasteiger partial charge in [-0.2, -0.15) is 0 Å². The maximum atomic E-state index is 10.8. The average Bonchev–Trinajstić information content (AvgIpc) is 3.63. The molecule has 1 fully saturated rings. The van der Waals surface area contributed by atoms with Crippen molar-refractivity contribution in [1.82, 2.24) is 19.6 Å². The Kier molecular flexibility index (Phi) is 9.26. The smallest absolute Gasteiger partial charge is 0.317 e. The number of aliphatic carboxylic acids is 1. The van der Waals surface area contributed by atoms with Crippen LogP contribution in [0.2, 0.25) is 0 Å². The first-order chi connectivity index (χ1) is 19.9. The van der Waals surface area contributed by atoms with Gasteiger partial charge in [0.05, 0.1) is 13.1 Å². The molecule has 212 valence electrons. The van der Waals surface area contributed by atoms with Gasteiger partial charge in [-0.05, 0) is 75.2 Å². The average molecular weight is 555 g/mol. The first-order valence-electron chi connectivity index (χ1n) is 13.8. The lowest BCUT2D eigenvalue weighted by molar-refractivity contribution is -0.188. The molecular formula is C32H34N4O5. The van der Waals surface area contributed by atoms with E-state index in [-0.39, 0.29) is 18.9 Å². The van der Waals surface area contributed by atoms with E-state index in [2.05, 4.69) is 22.0 Å². The van der Waals surface area contributed by atoms with Crippen molar-refractivity contribution in [2.45, 2.75) is 51.7 Å². The molecule has 41 heavy (non-hydrogen) atoms. The Labute approximate surface area is 239 Å². The van der Waals surface area contributed by atoms with Crippen LogP contribution in [0.15, 0.2) is 71.5 Å². The molecule has 3 heterocycles. The van der Waals surface area contributed by atoms with Crippen LogP contribution >= 0.6 is 0 Å². The number of rotatable bonds is 10. The van der Waals surface area contributed by atoms with Crippen molar-refractivity contribution >= 4 is 5.97 Å². The quantitative estimate of drug-likeness (QED) is 0.270. The van der Waals surface area contributed by atoms with Crippen LogP contribution in [0.1, 0.15) is 60.5 Å². The molecule has 0 aliphatic carbocycles. The van der Waals surface area contributed by atoms with E-state index in [1.54, 1.807) is 18.1 Å². The van der Waals surface area contributed by atoms with Gasteiger partial charge in [0.25, 0.3) is 0 Å². The maximum Gasteiger partial charge on any atom is 0.317 e. The summed E-state index contributed by atoms with van der Waals surface area (Å²) in [6.07, 6.45) is 6.42. The van der Waals surface area contributed by atoms with Crippen molar-refractivity contribution in [2.75, 3.05) is 20.2 Å². The highest BCUT2D eigenvalue weighted by Crippen LogP contribution is 2.25. The van der Waals surface area contributed by atoms with Crippen LogP contribution in [0.25, 0.3) is 11.3 Å². The van der Waals surface area contributed by atoms with Crippen molar-refractivity contribution in [3.63, 3.8) is 0 Å². The first kappa shape index (κ1) is 28.3. The summed E-state index contributed by atoms with van der Waals surface area (Å²) in [5.41, 5.74) is 4.53. The van der Waals surface area contributed by atoms with Crippen LogP contribution in [0.4, 0.5) is 0 Å². The fourth-order valence-corrected chi connectivity index (χ4v) is 4.77. The summed E-state index contributed by atoms with van der Waals surface area (Å²) in [7, 11) is 1.78. The van der Waals surface area contributed by atoms with E-state index in [9.17, 15) is 4.79 Å². The van der Waals surface area contributed by atoms with Crippen LogP contribution in [0, 0.1) is 11.8 Å². The molecule has 0 radical (unpaired) electrons. The van der Waals surface area contributed by atoms with Gasteiger partial charge in [0.15, 0.2) is 12.1 Å². The van der Waals surface area contributed by atoms with E-state index in [1.807, 2.05) is 72.3 Å². The van der Waals surface area contributed by atoms with E-state index < -0.39 is 5.97 Å². The Morgan fingerprint density at radius 1 is 1.15 bits per heavy atom. The molecule has 0 spiro atoms. The third-order valence-corrected chi connectivity index (χ3v) is 6.83. The minimum absolute atomic E-state index is 0.00369. The molecule has 9 heteroatoms. The predicted molar refractivity (Wildman–Crippen MR) is 153 cm³/mol. The summed E-state index contributed by atoms with van der Waals surface area (Å²) >= 11 is 0. The van der Waals surface area contributed by atoms with Crippen molar-refractivity contribution in [3.8, 4) is 23.2 Å². The van der Waals surface area contributed by atoms with E-state index in [0.29, 0.717) is 18.8 Å². The number of nitrogens with zero attached hydrogens (tertiary/aromatic N) is 4. The Bertz CT molecular complexity index is 1490. The van der Waals surface area contributed by atoms with Crippen LogP contribution in [-0.2, 0) is 27.4 Å². The molecule has 2 aromatic heterocycles. The number of hydrogen-bond acceptors (Lipinski definition) is 7. The fourth-order valence-electron chi connectivity index (χ4n) is 4.77. The molecule has 4 aromatic rings. The summed E-state index contributed by atoms with van der Waals surface area (Å²) in [5.74, 6) is 7.04. The van der Waals surface area contributed by atoms with Crippen molar-refractivity contribution in [3.05, 3.63) is 95.2 Å². The highest BCUT2D eigenvalue weighted by atomic mass is 16.7. The van der Waals surface area contributed by atoms with Gasteiger partial charge >= 0.3 is 5.97 Å². The second kappa shape index (κ2) is 13.4. The Hall–Kier alpha value is -4.23. The lowest BCUT2D eigenvalue weighted by Crippen LogP contribution is -2.25. The number of ether oxygens (including phenoxy) is 2. The SMILES string of the molecule is C[C@H](OC1CCCCO1)c1nccn1Cc1cc(-c2ccc(C#Cc3ccc(CN(C)CC(=O)O)cc3)cc2)on1. The molecule has 0 amide bonds. The molecule has 9 nitrogen and oxygen atoms in total. The zero-order valence-corrected chi connectivity index (χ0v) is 23.3. The Morgan fingerprint density at radius 3 is 2.56 bits per heavy atom. The van der Waals surface area contributed by atoms with Crippen LogP contribution in [0.3, 0.4) is 0 Å². The Morgan fingerprint density at radius 2 is 1.88 bits per heavy atom. The molecule has 1 aliphatic rings. The van der Waals surface area contributed by atoms with E-state index in [0.717, 1.165) is 59.6 Å². The molecule has 1 N–H and O–H groups in total. The molecule has 0 bridgehead atoms. The van der Waals surface area contributed by atoms with Crippen LogP contribution in [-0.4, -0.2) is 57.2 Å². The highest BCUT2D eigenvalue weighted by Gasteiger charge is 2.21. The zero-order valence-electron chi connectivity index (χ0n) is 23.3. The minimum Gasteiger partial charge on any atom is -0.480 e. The number of imidazole rings is 1. The highest BCUT2D eigenvalue weighted by molar-refractivity contribution is 5.69. The number of carbonyl (C=O) groups is 1. The summed E-state index contributed by atoms with van der Waals surface area (Å²) in [6.45, 7) is 3.83. The lowest BCUT2D eigenvalue weighted by atomic mass is 10.1. The van der Waals surface area contributed by atoms with Gasteiger partial charge in [-0.1, -0.05) is 29.1 Å². The monoisotopic (exact) mass is 554 g/mol. The molecule has 1 saturated heterocycles. The van der Waals surface area contributed by atoms with E-state index in [4.69, 9.17) is 19.1 Å². The zero-order chi connectivity index (χ0) is 28.6. The normalized spacial score (nSPS) is 15.8. The van der Waals surface area contributed by atoms with Gasteiger partial charge in [0.1, 0.15) is 17.6 Å². The van der Waals surface area contributed by atoms with Crippen LogP contribution in [0.5, 0.6) is 0 Å². The maximum absolute atomic E-state index is 10.8. The summed E-state index contributed by atoms with van der Waals surface area (Å²) < 4.78 is 19.5. The van der Waals surface area contributed by atoms with Crippen LogP contribution < -0.4 is 0 Å².